The molecule has 1 aromatic heterocycles. The number of nitrogens with zero attached hydrogens (tertiary/aromatic N) is 1. The van der Waals surface area contributed by atoms with Crippen molar-refractivity contribution in [2.45, 2.75) is 6.92 Å². The highest BCUT2D eigenvalue weighted by molar-refractivity contribution is 9.10. The lowest BCUT2D eigenvalue weighted by atomic mass is 10.1. The average Bonchev–Trinajstić information content (AvgIpc) is 2.65. The topological polar surface area (TPSA) is 112 Å². The van der Waals surface area contributed by atoms with Crippen LogP contribution in [0.15, 0.2) is 53.1 Å². The van der Waals surface area contributed by atoms with Gasteiger partial charge in [-0.3, -0.25) is 9.59 Å². The molecule has 0 aliphatic heterocycles. The zero-order valence-electron chi connectivity index (χ0n) is 14.6. The second-order valence-corrected chi connectivity index (χ2v) is 6.03. The number of para-hydroxylation sites is 1. The van der Waals surface area contributed by atoms with Crippen molar-refractivity contribution >= 4 is 38.6 Å². The molecule has 1 heterocycles. The number of nitrogens with two attached hydrogens (primary N) is 1. The number of rotatable bonds is 3. The van der Waals surface area contributed by atoms with Gasteiger partial charge in [0, 0.05) is 17.7 Å². The molecular formula is C19H17BrN2O5. The van der Waals surface area contributed by atoms with Gasteiger partial charge in [0.05, 0.1) is 7.11 Å². The van der Waals surface area contributed by atoms with Crippen molar-refractivity contribution in [3.05, 3.63) is 58.8 Å². The molecule has 0 aliphatic carbocycles. The van der Waals surface area contributed by atoms with E-state index in [0.717, 1.165) is 0 Å². The molecule has 0 saturated carbocycles. The molecule has 0 radical (unpaired) electrons. The number of carbonyl (C=O) groups is 2. The van der Waals surface area contributed by atoms with Crippen molar-refractivity contribution in [2.24, 2.45) is 5.73 Å². The number of amides is 1. The van der Waals surface area contributed by atoms with Crippen LogP contribution in [0.4, 0.5) is 0 Å². The van der Waals surface area contributed by atoms with Gasteiger partial charge in [0.25, 0.3) is 5.91 Å². The Hall–Kier alpha value is -3.13. The van der Waals surface area contributed by atoms with E-state index in [2.05, 4.69) is 25.7 Å². The van der Waals surface area contributed by atoms with Crippen LogP contribution in [0.5, 0.6) is 17.2 Å². The lowest BCUT2D eigenvalue weighted by Crippen LogP contribution is -2.13. The molecule has 7 nitrogen and oxygen atoms in total. The predicted octanol–water partition coefficient (Wildman–Crippen LogP) is 3.77. The Labute approximate surface area is 163 Å². The van der Waals surface area contributed by atoms with E-state index < -0.39 is 5.91 Å². The van der Waals surface area contributed by atoms with Crippen LogP contribution in [0.2, 0.25) is 0 Å². The highest BCUT2D eigenvalue weighted by atomic mass is 79.9. The minimum Gasteiger partial charge on any atom is -0.505 e. The van der Waals surface area contributed by atoms with Gasteiger partial charge in [-0.2, -0.15) is 0 Å². The number of carbonyl (C=O) groups excluding carboxylic acids is 2. The average molecular weight is 433 g/mol. The number of pyridine rings is 1. The Kier molecular flexibility index (Phi) is 6.73. The van der Waals surface area contributed by atoms with Crippen LogP contribution in [0.25, 0.3) is 10.8 Å². The number of fused-ring (bicyclic) bond motifs is 1. The molecule has 27 heavy (non-hydrogen) atoms. The molecule has 0 aliphatic rings. The van der Waals surface area contributed by atoms with Crippen molar-refractivity contribution in [2.75, 3.05) is 7.11 Å². The highest BCUT2D eigenvalue weighted by Gasteiger charge is 2.16. The maximum atomic E-state index is 11.3. The third-order valence-electron chi connectivity index (χ3n) is 3.40. The fourth-order valence-electron chi connectivity index (χ4n) is 2.10. The van der Waals surface area contributed by atoms with E-state index in [0.29, 0.717) is 26.9 Å². The van der Waals surface area contributed by atoms with Crippen LogP contribution in [-0.2, 0) is 9.53 Å². The summed E-state index contributed by atoms with van der Waals surface area (Å²) in [5.41, 5.74) is 5.03. The van der Waals surface area contributed by atoms with Crippen molar-refractivity contribution in [1.29, 1.82) is 0 Å². The van der Waals surface area contributed by atoms with Crippen molar-refractivity contribution in [1.82, 2.24) is 4.98 Å². The van der Waals surface area contributed by atoms with Gasteiger partial charge >= 0.3 is 5.97 Å². The normalized spacial score (nSPS) is 9.89. The van der Waals surface area contributed by atoms with E-state index in [-0.39, 0.29) is 17.4 Å². The molecular weight excluding hydrogens is 416 g/mol. The van der Waals surface area contributed by atoms with Crippen LogP contribution in [0, 0.1) is 0 Å². The molecule has 0 atom stereocenters. The van der Waals surface area contributed by atoms with E-state index in [1.54, 1.807) is 18.2 Å². The zero-order valence-corrected chi connectivity index (χ0v) is 16.2. The minimum absolute atomic E-state index is 0.170. The first-order valence-corrected chi connectivity index (χ1v) is 8.52. The molecule has 2 aromatic carbocycles. The van der Waals surface area contributed by atoms with Gasteiger partial charge in [-0.1, -0.05) is 18.2 Å². The standard InChI is InChI=1S/C16H11BrN2O3.C3H6O2/c17-15-12-8-10(22-9-4-2-1-3-5-9)6-7-11(12)14(20)13(19-15)16(18)21;1-3(4)5-2/h1-8,20H,(H2,18,21);1-2H3. The maximum Gasteiger partial charge on any atom is 0.302 e. The molecule has 3 N–H and O–H groups in total. The summed E-state index contributed by atoms with van der Waals surface area (Å²) in [5, 5.41) is 11.2. The van der Waals surface area contributed by atoms with Gasteiger partial charge in [0.15, 0.2) is 11.4 Å². The summed E-state index contributed by atoms with van der Waals surface area (Å²) in [4.78, 5) is 24.9. The maximum absolute atomic E-state index is 11.3. The Morgan fingerprint density at radius 3 is 2.26 bits per heavy atom. The lowest BCUT2D eigenvalue weighted by Gasteiger charge is -2.10. The minimum atomic E-state index is -0.787. The molecule has 0 fully saturated rings. The summed E-state index contributed by atoms with van der Waals surface area (Å²) in [6.45, 7) is 1.36. The highest BCUT2D eigenvalue weighted by Crippen LogP contribution is 2.35. The van der Waals surface area contributed by atoms with Crippen LogP contribution in [0.3, 0.4) is 0 Å². The lowest BCUT2D eigenvalue weighted by molar-refractivity contribution is -0.137. The summed E-state index contributed by atoms with van der Waals surface area (Å²) in [6, 6.07) is 14.4. The van der Waals surface area contributed by atoms with Gasteiger partial charge in [0.1, 0.15) is 16.1 Å². The number of aromatic nitrogens is 1. The molecule has 0 unspecified atom stereocenters. The monoisotopic (exact) mass is 432 g/mol. The Balaban J connectivity index is 0.000000465. The number of hydrogen-bond acceptors (Lipinski definition) is 6. The summed E-state index contributed by atoms with van der Waals surface area (Å²) < 4.78 is 10.3. The van der Waals surface area contributed by atoms with E-state index in [1.807, 2.05) is 30.3 Å². The number of primary amides is 1. The molecule has 1 amide bonds. The van der Waals surface area contributed by atoms with Crippen LogP contribution < -0.4 is 10.5 Å². The van der Waals surface area contributed by atoms with Crippen molar-refractivity contribution < 1.29 is 24.2 Å². The fourth-order valence-corrected chi connectivity index (χ4v) is 2.60. The second kappa shape index (κ2) is 9.00. The number of methoxy groups -OCH3 is 1. The third kappa shape index (κ3) is 5.18. The SMILES string of the molecule is COC(C)=O.NC(=O)c1nc(Br)c2cc(Oc3ccccc3)ccc2c1O. The Bertz CT molecular complexity index is 977. The van der Waals surface area contributed by atoms with Gasteiger partial charge < -0.3 is 20.3 Å². The second-order valence-electron chi connectivity index (χ2n) is 5.28. The van der Waals surface area contributed by atoms with E-state index >= 15 is 0 Å². The zero-order chi connectivity index (χ0) is 20.0. The summed E-state index contributed by atoms with van der Waals surface area (Å²) >= 11 is 3.28. The van der Waals surface area contributed by atoms with Crippen LogP contribution in [-0.4, -0.2) is 29.1 Å². The first-order valence-electron chi connectivity index (χ1n) is 7.73. The van der Waals surface area contributed by atoms with Gasteiger partial charge in [-0.05, 0) is 46.3 Å². The van der Waals surface area contributed by atoms with Gasteiger partial charge in [-0.15, -0.1) is 0 Å². The van der Waals surface area contributed by atoms with Crippen LogP contribution in [0.1, 0.15) is 17.4 Å². The molecule has 3 rings (SSSR count). The van der Waals surface area contributed by atoms with E-state index in [1.165, 1.54) is 14.0 Å². The fraction of sp³-hybridized carbons (Fsp3) is 0.105. The smallest absolute Gasteiger partial charge is 0.302 e. The summed E-state index contributed by atoms with van der Waals surface area (Å²) in [6.07, 6.45) is 0. The quantitative estimate of drug-likeness (QED) is 0.481. The van der Waals surface area contributed by atoms with Gasteiger partial charge in [-0.25, -0.2) is 4.98 Å². The largest absolute Gasteiger partial charge is 0.505 e. The molecule has 3 aromatic rings. The Morgan fingerprint density at radius 1 is 1.07 bits per heavy atom. The molecule has 8 heteroatoms. The van der Waals surface area contributed by atoms with Crippen molar-refractivity contribution in [3.8, 4) is 17.2 Å². The van der Waals surface area contributed by atoms with Gasteiger partial charge in [0.2, 0.25) is 0 Å². The number of ether oxygens (including phenoxy) is 2. The number of aromatic hydroxyl groups is 1. The van der Waals surface area contributed by atoms with Crippen molar-refractivity contribution in [3.63, 3.8) is 0 Å². The number of esters is 1. The predicted molar refractivity (Wildman–Crippen MR) is 104 cm³/mol. The molecule has 0 saturated heterocycles. The summed E-state index contributed by atoms with van der Waals surface area (Å²) in [5.74, 6) is 0.0167. The molecule has 0 spiro atoms. The number of hydrogen-bond donors (Lipinski definition) is 2. The van der Waals surface area contributed by atoms with Crippen LogP contribution >= 0.6 is 15.9 Å². The van der Waals surface area contributed by atoms with E-state index in [9.17, 15) is 14.7 Å². The molecule has 140 valence electrons. The first kappa shape index (κ1) is 20.2. The number of benzene rings is 2. The van der Waals surface area contributed by atoms with E-state index in [4.69, 9.17) is 10.5 Å². The third-order valence-corrected chi connectivity index (χ3v) is 4.01. The first-order chi connectivity index (χ1) is 12.8. The summed E-state index contributed by atoms with van der Waals surface area (Å²) in [7, 11) is 1.35. The Morgan fingerprint density at radius 2 is 1.70 bits per heavy atom. The molecule has 0 bridgehead atoms. The number of halogens is 1.